The Labute approximate surface area is 109 Å². The number of hydrogen-bond acceptors (Lipinski definition) is 1. The fourth-order valence-electron chi connectivity index (χ4n) is 1.46. The summed E-state index contributed by atoms with van der Waals surface area (Å²) in [5, 5.41) is 10.6. The van der Waals surface area contributed by atoms with Gasteiger partial charge in [-0.2, -0.15) is 0 Å². The van der Waals surface area contributed by atoms with Crippen LogP contribution in [-0.4, -0.2) is 5.11 Å². The highest BCUT2D eigenvalue weighted by molar-refractivity contribution is 14.1. The smallest absolute Gasteiger partial charge is 0.173 e. The van der Waals surface area contributed by atoms with Gasteiger partial charge in [0.15, 0.2) is 11.6 Å². The van der Waals surface area contributed by atoms with Crippen molar-refractivity contribution in [2.75, 3.05) is 0 Å². The van der Waals surface area contributed by atoms with Crippen LogP contribution in [0.4, 0.5) is 4.39 Å². The maximum Gasteiger partial charge on any atom is 0.173 e. The Morgan fingerprint density at radius 3 is 2.73 bits per heavy atom. The van der Waals surface area contributed by atoms with Crippen LogP contribution in [-0.2, 0) is 0 Å². The lowest BCUT2D eigenvalue weighted by atomic mass is 10.1. The van der Waals surface area contributed by atoms with Crippen molar-refractivity contribution in [3.63, 3.8) is 0 Å². The maximum absolute atomic E-state index is 13.7. The molecule has 0 unspecified atom stereocenters. The minimum Gasteiger partial charge on any atom is -0.505 e. The number of halogens is 3. The van der Waals surface area contributed by atoms with Gasteiger partial charge in [-0.1, -0.05) is 22.0 Å². The van der Waals surface area contributed by atoms with E-state index in [0.717, 1.165) is 19.0 Å². The van der Waals surface area contributed by atoms with Gasteiger partial charge in [-0.15, -0.1) is 0 Å². The first-order valence-electron chi connectivity index (χ1n) is 4.28. The van der Waals surface area contributed by atoms with E-state index < -0.39 is 5.82 Å². The molecule has 2 rings (SSSR count). The molecule has 0 heterocycles. The van der Waals surface area contributed by atoms with Crippen LogP contribution in [0.25, 0.3) is 10.8 Å². The zero-order valence-corrected chi connectivity index (χ0v) is 11.6. The normalized spacial score (nSPS) is 10.9. The number of phenolic OH excluding ortho intramolecular Hbond substituents is 1. The summed E-state index contributed by atoms with van der Waals surface area (Å²) in [6.45, 7) is 1.91. The standard InChI is InChI=1S/C11H7BrFIO/c1-5-7(12)4-6-2-3-8(15)10(13)9(6)11(5)14/h2-4,15H,1H3. The molecule has 2 aromatic rings. The van der Waals surface area contributed by atoms with Crippen LogP contribution < -0.4 is 0 Å². The van der Waals surface area contributed by atoms with Gasteiger partial charge in [0.25, 0.3) is 0 Å². The molecule has 0 atom stereocenters. The molecule has 0 fully saturated rings. The van der Waals surface area contributed by atoms with Crippen molar-refractivity contribution in [3.05, 3.63) is 37.6 Å². The molecule has 0 aliphatic carbocycles. The van der Waals surface area contributed by atoms with Crippen molar-refractivity contribution in [2.24, 2.45) is 0 Å². The van der Waals surface area contributed by atoms with Gasteiger partial charge in [-0.25, -0.2) is 4.39 Å². The Hall–Kier alpha value is -0.360. The van der Waals surface area contributed by atoms with E-state index in [-0.39, 0.29) is 5.75 Å². The van der Waals surface area contributed by atoms with Crippen LogP contribution in [0.3, 0.4) is 0 Å². The highest BCUT2D eigenvalue weighted by atomic mass is 127. The first kappa shape index (κ1) is 11.1. The summed E-state index contributed by atoms with van der Waals surface area (Å²) in [6, 6.07) is 4.94. The average molecular weight is 381 g/mol. The molecule has 0 spiro atoms. The van der Waals surface area contributed by atoms with Crippen molar-refractivity contribution in [3.8, 4) is 5.75 Å². The number of benzene rings is 2. The predicted molar refractivity (Wildman–Crippen MR) is 70.7 cm³/mol. The third-order valence-corrected chi connectivity index (χ3v) is 4.52. The van der Waals surface area contributed by atoms with Crippen molar-refractivity contribution in [2.45, 2.75) is 6.92 Å². The monoisotopic (exact) mass is 380 g/mol. The van der Waals surface area contributed by atoms with Gasteiger partial charge in [-0.3, -0.25) is 0 Å². The van der Waals surface area contributed by atoms with Gasteiger partial charge < -0.3 is 5.11 Å². The minimum absolute atomic E-state index is 0.304. The van der Waals surface area contributed by atoms with Crippen molar-refractivity contribution >= 4 is 49.3 Å². The molecule has 0 bridgehead atoms. The minimum atomic E-state index is -0.549. The molecule has 0 saturated heterocycles. The van der Waals surface area contributed by atoms with E-state index in [1.165, 1.54) is 6.07 Å². The summed E-state index contributed by atoms with van der Waals surface area (Å²) >= 11 is 5.51. The second-order valence-corrected chi connectivity index (χ2v) is 5.23. The molecule has 4 heteroatoms. The number of aromatic hydroxyl groups is 1. The number of hydrogen-bond donors (Lipinski definition) is 1. The van der Waals surface area contributed by atoms with Crippen LogP contribution in [0.2, 0.25) is 0 Å². The molecule has 0 amide bonds. The summed E-state index contributed by atoms with van der Waals surface area (Å²) in [5.74, 6) is -0.852. The number of phenols is 1. The van der Waals surface area contributed by atoms with Gasteiger partial charge in [0.05, 0.1) is 0 Å². The average Bonchev–Trinajstić information content (AvgIpc) is 2.20. The molecule has 0 aliphatic rings. The molecule has 1 N–H and O–H groups in total. The van der Waals surface area contributed by atoms with E-state index in [9.17, 15) is 9.50 Å². The molecule has 2 aromatic carbocycles. The zero-order chi connectivity index (χ0) is 11.2. The van der Waals surface area contributed by atoms with Crippen molar-refractivity contribution in [1.29, 1.82) is 0 Å². The highest BCUT2D eigenvalue weighted by Crippen LogP contribution is 2.34. The lowest BCUT2D eigenvalue weighted by molar-refractivity contribution is 0.436. The molecule has 0 aromatic heterocycles. The summed E-state index contributed by atoms with van der Waals surface area (Å²) in [4.78, 5) is 0. The van der Waals surface area contributed by atoms with Crippen LogP contribution >= 0.6 is 38.5 Å². The molecular formula is C11H7BrFIO. The zero-order valence-electron chi connectivity index (χ0n) is 7.81. The van der Waals surface area contributed by atoms with Crippen molar-refractivity contribution < 1.29 is 9.50 Å². The van der Waals surface area contributed by atoms with E-state index in [4.69, 9.17) is 0 Å². The Balaban J connectivity index is 3.00. The predicted octanol–water partition coefficient (Wildman–Crippen LogP) is 4.36. The number of rotatable bonds is 0. The van der Waals surface area contributed by atoms with E-state index >= 15 is 0 Å². The fourth-order valence-corrected chi connectivity index (χ4v) is 3.11. The quantitative estimate of drug-likeness (QED) is 0.673. The van der Waals surface area contributed by atoms with Crippen LogP contribution in [0.1, 0.15) is 5.56 Å². The number of fused-ring (bicyclic) bond motifs is 1. The Morgan fingerprint density at radius 2 is 2.07 bits per heavy atom. The van der Waals surface area contributed by atoms with Crippen LogP contribution in [0.15, 0.2) is 22.7 Å². The first-order valence-corrected chi connectivity index (χ1v) is 6.15. The van der Waals surface area contributed by atoms with E-state index in [0.29, 0.717) is 5.39 Å². The second kappa shape index (κ2) is 3.90. The Kier molecular flexibility index (Phi) is 2.89. The summed E-state index contributed by atoms with van der Waals surface area (Å²) < 4.78 is 15.5. The lowest BCUT2D eigenvalue weighted by Crippen LogP contribution is -1.89. The molecular weight excluding hydrogens is 374 g/mol. The molecule has 0 aliphatic heterocycles. The Morgan fingerprint density at radius 1 is 1.40 bits per heavy atom. The SMILES string of the molecule is Cc1c(Br)cc2ccc(O)c(F)c2c1I. The van der Waals surface area contributed by atoms with Gasteiger partial charge >= 0.3 is 0 Å². The van der Waals surface area contributed by atoms with Gasteiger partial charge in [0, 0.05) is 13.4 Å². The van der Waals surface area contributed by atoms with E-state index in [2.05, 4.69) is 38.5 Å². The molecule has 0 saturated carbocycles. The third kappa shape index (κ3) is 1.73. The topological polar surface area (TPSA) is 20.2 Å². The van der Waals surface area contributed by atoms with E-state index in [1.54, 1.807) is 6.07 Å². The summed E-state index contributed by atoms with van der Waals surface area (Å²) in [7, 11) is 0. The van der Waals surface area contributed by atoms with Gasteiger partial charge in [0.2, 0.25) is 0 Å². The highest BCUT2D eigenvalue weighted by Gasteiger charge is 2.13. The first-order chi connectivity index (χ1) is 7.02. The summed E-state index contributed by atoms with van der Waals surface area (Å²) in [5.41, 5.74) is 0.979. The van der Waals surface area contributed by atoms with E-state index in [1.807, 2.05) is 13.0 Å². The fraction of sp³-hybridized carbons (Fsp3) is 0.0909. The van der Waals surface area contributed by atoms with Crippen LogP contribution in [0, 0.1) is 16.3 Å². The lowest BCUT2D eigenvalue weighted by Gasteiger charge is -2.08. The largest absolute Gasteiger partial charge is 0.505 e. The molecule has 78 valence electrons. The second-order valence-electron chi connectivity index (χ2n) is 3.29. The molecule has 0 radical (unpaired) electrons. The third-order valence-electron chi connectivity index (χ3n) is 2.34. The molecule has 15 heavy (non-hydrogen) atoms. The Bertz CT molecular complexity index is 554. The molecule has 1 nitrogen and oxygen atoms in total. The maximum atomic E-state index is 13.7. The van der Waals surface area contributed by atoms with Crippen molar-refractivity contribution in [1.82, 2.24) is 0 Å². The van der Waals surface area contributed by atoms with Gasteiger partial charge in [-0.05, 0) is 52.6 Å². The van der Waals surface area contributed by atoms with Gasteiger partial charge in [0.1, 0.15) is 0 Å². The van der Waals surface area contributed by atoms with Crippen LogP contribution in [0.5, 0.6) is 5.75 Å². The summed E-state index contributed by atoms with van der Waals surface area (Å²) in [6.07, 6.45) is 0.